The molecule has 0 spiro atoms. The molecule has 0 radical (unpaired) electrons. The molecule has 1 atom stereocenters. The van der Waals surface area contributed by atoms with Crippen molar-refractivity contribution in [2.75, 3.05) is 36.8 Å². The Kier molecular flexibility index (Phi) is 3.64. The molecule has 21 heavy (non-hydrogen) atoms. The first-order chi connectivity index (χ1) is 9.93. The summed E-state index contributed by atoms with van der Waals surface area (Å²) in [5.74, 6) is -1.03. The molecule has 0 amide bonds. The molecule has 2 N–H and O–H groups in total. The number of anilines is 2. The molecule has 5 nitrogen and oxygen atoms in total. The van der Waals surface area contributed by atoms with Crippen LogP contribution in [0.4, 0.5) is 24.8 Å². The molecule has 0 bridgehead atoms. The summed E-state index contributed by atoms with van der Waals surface area (Å²) in [6.45, 7) is 3.31. The molecule has 0 aliphatic carbocycles. The Hall–Kier alpha value is -1.57. The lowest BCUT2D eigenvalue weighted by Crippen LogP contribution is -2.55. The second-order valence-corrected chi connectivity index (χ2v) is 5.60. The minimum absolute atomic E-state index is 0.140. The van der Waals surface area contributed by atoms with Crippen molar-refractivity contribution in [1.82, 2.24) is 14.9 Å². The highest BCUT2D eigenvalue weighted by atomic mass is 19.4. The lowest BCUT2D eigenvalue weighted by Gasteiger charge is -2.44. The number of nitrogens with two attached hydrogens (primary N) is 1. The summed E-state index contributed by atoms with van der Waals surface area (Å²) in [7, 11) is 0. The van der Waals surface area contributed by atoms with Gasteiger partial charge in [-0.05, 0) is 19.4 Å². The summed E-state index contributed by atoms with van der Waals surface area (Å²) in [6.07, 6.45) is -1.11. The summed E-state index contributed by atoms with van der Waals surface area (Å²) < 4.78 is 38.3. The van der Waals surface area contributed by atoms with Gasteiger partial charge in [0.2, 0.25) is 5.82 Å². The molecule has 1 aromatic heterocycles. The van der Waals surface area contributed by atoms with Crippen molar-refractivity contribution < 1.29 is 13.2 Å². The number of nitrogens with zero attached hydrogens (tertiary/aromatic N) is 4. The van der Waals surface area contributed by atoms with Crippen molar-refractivity contribution in [2.45, 2.75) is 31.5 Å². The summed E-state index contributed by atoms with van der Waals surface area (Å²) in [5, 5.41) is 0. The fraction of sp³-hybridized carbons (Fsp3) is 0.692. The Morgan fingerprint density at radius 2 is 1.95 bits per heavy atom. The van der Waals surface area contributed by atoms with Gasteiger partial charge in [0, 0.05) is 31.7 Å². The van der Waals surface area contributed by atoms with Gasteiger partial charge in [-0.2, -0.15) is 13.2 Å². The zero-order valence-corrected chi connectivity index (χ0v) is 11.6. The predicted molar refractivity (Wildman–Crippen MR) is 72.9 cm³/mol. The van der Waals surface area contributed by atoms with Crippen LogP contribution in [0.25, 0.3) is 0 Å². The van der Waals surface area contributed by atoms with Crippen molar-refractivity contribution in [3.63, 3.8) is 0 Å². The van der Waals surface area contributed by atoms with Crippen LogP contribution in [-0.2, 0) is 6.18 Å². The van der Waals surface area contributed by atoms with E-state index in [1.807, 2.05) is 4.90 Å². The first-order valence-electron chi connectivity index (χ1n) is 7.14. The Bertz CT molecular complexity index is 519. The fourth-order valence-corrected chi connectivity index (χ4v) is 3.11. The molecule has 1 aromatic rings. The van der Waals surface area contributed by atoms with Crippen molar-refractivity contribution in [3.05, 3.63) is 11.9 Å². The topological polar surface area (TPSA) is 58.3 Å². The number of hydrogen-bond acceptors (Lipinski definition) is 5. The number of hydrogen-bond donors (Lipinski definition) is 1. The van der Waals surface area contributed by atoms with Gasteiger partial charge in [0.1, 0.15) is 11.6 Å². The number of aromatic nitrogens is 2. The van der Waals surface area contributed by atoms with E-state index in [9.17, 15) is 13.2 Å². The van der Waals surface area contributed by atoms with Gasteiger partial charge in [0.25, 0.3) is 0 Å². The Morgan fingerprint density at radius 3 is 2.71 bits per heavy atom. The lowest BCUT2D eigenvalue weighted by atomic mass is 9.99. The average Bonchev–Trinajstić information content (AvgIpc) is 2.45. The van der Waals surface area contributed by atoms with Gasteiger partial charge >= 0.3 is 6.18 Å². The van der Waals surface area contributed by atoms with E-state index in [-0.39, 0.29) is 11.6 Å². The molecule has 3 heterocycles. The van der Waals surface area contributed by atoms with Crippen LogP contribution < -0.4 is 10.6 Å². The van der Waals surface area contributed by atoms with E-state index in [0.29, 0.717) is 19.1 Å². The fourth-order valence-electron chi connectivity index (χ4n) is 3.11. The Balaban J connectivity index is 1.82. The van der Waals surface area contributed by atoms with Gasteiger partial charge in [-0.25, -0.2) is 9.97 Å². The minimum atomic E-state index is -4.57. The molecule has 0 aromatic carbocycles. The van der Waals surface area contributed by atoms with Crippen molar-refractivity contribution in [2.24, 2.45) is 0 Å². The lowest BCUT2D eigenvalue weighted by molar-refractivity contribution is -0.144. The van der Waals surface area contributed by atoms with Gasteiger partial charge in [-0.3, -0.25) is 4.90 Å². The highest BCUT2D eigenvalue weighted by Crippen LogP contribution is 2.30. The maximum atomic E-state index is 12.8. The summed E-state index contributed by atoms with van der Waals surface area (Å²) in [5.41, 5.74) is 5.51. The van der Waals surface area contributed by atoms with Crippen LogP contribution in [0.5, 0.6) is 0 Å². The first-order valence-corrected chi connectivity index (χ1v) is 7.14. The molecule has 2 fully saturated rings. The molecule has 0 saturated carbocycles. The molecule has 2 saturated heterocycles. The number of fused-ring (bicyclic) bond motifs is 1. The van der Waals surface area contributed by atoms with E-state index in [4.69, 9.17) is 5.73 Å². The van der Waals surface area contributed by atoms with Crippen LogP contribution in [0.3, 0.4) is 0 Å². The SMILES string of the molecule is Nc1cc(N2CCN3CCCCC3C2)nc(C(F)(F)F)n1. The van der Waals surface area contributed by atoms with E-state index in [2.05, 4.69) is 14.9 Å². The summed E-state index contributed by atoms with van der Waals surface area (Å²) in [4.78, 5) is 11.2. The molecule has 1 unspecified atom stereocenters. The van der Waals surface area contributed by atoms with Crippen LogP contribution in [-0.4, -0.2) is 47.1 Å². The Labute approximate surface area is 120 Å². The summed E-state index contributed by atoms with van der Waals surface area (Å²) in [6, 6.07) is 1.83. The molecule has 8 heteroatoms. The summed E-state index contributed by atoms with van der Waals surface area (Å²) >= 11 is 0. The molecule has 2 aliphatic heterocycles. The molecule has 2 aliphatic rings. The van der Waals surface area contributed by atoms with Crippen LogP contribution >= 0.6 is 0 Å². The zero-order chi connectivity index (χ0) is 15.0. The number of halogens is 3. The van der Waals surface area contributed by atoms with Gasteiger partial charge < -0.3 is 10.6 Å². The van der Waals surface area contributed by atoms with Crippen LogP contribution in [0.1, 0.15) is 25.1 Å². The third kappa shape index (κ3) is 3.04. The minimum Gasteiger partial charge on any atom is -0.384 e. The monoisotopic (exact) mass is 301 g/mol. The zero-order valence-electron chi connectivity index (χ0n) is 11.6. The van der Waals surface area contributed by atoms with Crippen molar-refractivity contribution in [3.8, 4) is 0 Å². The largest absolute Gasteiger partial charge is 0.451 e. The number of alkyl halides is 3. The quantitative estimate of drug-likeness (QED) is 0.856. The van der Waals surface area contributed by atoms with Gasteiger partial charge in [-0.1, -0.05) is 6.42 Å². The van der Waals surface area contributed by atoms with E-state index in [0.717, 1.165) is 19.5 Å². The Morgan fingerprint density at radius 1 is 1.14 bits per heavy atom. The van der Waals surface area contributed by atoms with Crippen molar-refractivity contribution >= 4 is 11.6 Å². The van der Waals surface area contributed by atoms with E-state index >= 15 is 0 Å². The van der Waals surface area contributed by atoms with Crippen molar-refractivity contribution in [1.29, 1.82) is 0 Å². The highest BCUT2D eigenvalue weighted by Gasteiger charge is 2.36. The van der Waals surface area contributed by atoms with Crippen LogP contribution in [0.15, 0.2) is 6.07 Å². The first kappa shape index (κ1) is 14.4. The number of rotatable bonds is 1. The molecular formula is C13H18F3N5. The van der Waals surface area contributed by atoms with Crippen LogP contribution in [0, 0.1) is 0 Å². The predicted octanol–water partition coefficient (Wildman–Crippen LogP) is 1.75. The number of piperidine rings is 1. The third-order valence-corrected chi connectivity index (χ3v) is 4.15. The van der Waals surface area contributed by atoms with E-state index < -0.39 is 12.0 Å². The van der Waals surface area contributed by atoms with Gasteiger partial charge in [0.05, 0.1) is 0 Å². The smallest absolute Gasteiger partial charge is 0.384 e. The number of piperazine rings is 1. The second-order valence-electron chi connectivity index (χ2n) is 5.60. The normalized spacial score (nSPS) is 24.0. The average molecular weight is 301 g/mol. The van der Waals surface area contributed by atoms with E-state index in [1.165, 1.54) is 18.9 Å². The third-order valence-electron chi connectivity index (χ3n) is 4.15. The standard InChI is InChI=1S/C13H18F3N5/c14-13(15,16)12-18-10(17)7-11(19-12)21-6-5-20-4-2-1-3-9(20)8-21/h7,9H,1-6,8H2,(H2,17,18,19). The maximum Gasteiger partial charge on any atom is 0.451 e. The molecule has 3 rings (SSSR count). The maximum absolute atomic E-state index is 12.8. The van der Waals surface area contributed by atoms with Gasteiger partial charge in [-0.15, -0.1) is 0 Å². The number of nitrogen functional groups attached to an aromatic ring is 1. The van der Waals surface area contributed by atoms with E-state index in [1.54, 1.807) is 0 Å². The van der Waals surface area contributed by atoms with Gasteiger partial charge in [0.15, 0.2) is 0 Å². The molecular weight excluding hydrogens is 283 g/mol. The molecule has 116 valence electrons. The van der Waals surface area contributed by atoms with Crippen LogP contribution in [0.2, 0.25) is 0 Å². The second kappa shape index (κ2) is 5.32. The highest BCUT2D eigenvalue weighted by molar-refractivity contribution is 5.48.